The lowest BCUT2D eigenvalue weighted by Gasteiger charge is -2.31. The Hall–Kier alpha value is -1.90. The van der Waals surface area contributed by atoms with Gasteiger partial charge in [0.05, 0.1) is 23.0 Å². The molecule has 126 valence electrons. The Kier molecular flexibility index (Phi) is 4.88. The average molecular weight is 340 g/mol. The molecule has 0 spiro atoms. The molecular weight excluding hydrogens is 316 g/mol. The van der Waals surface area contributed by atoms with E-state index in [4.69, 9.17) is 0 Å². The fourth-order valence-corrected chi connectivity index (χ4v) is 4.34. The van der Waals surface area contributed by atoms with E-state index in [1.165, 1.54) is 4.88 Å². The summed E-state index contributed by atoms with van der Waals surface area (Å²) in [4.78, 5) is 8.44. The van der Waals surface area contributed by atoms with Gasteiger partial charge in [0, 0.05) is 23.0 Å². The van der Waals surface area contributed by atoms with Gasteiger partial charge in [0.15, 0.2) is 0 Å². The number of rotatable bonds is 6. The van der Waals surface area contributed by atoms with Crippen molar-refractivity contribution < 1.29 is 0 Å². The van der Waals surface area contributed by atoms with Crippen LogP contribution in [0.15, 0.2) is 29.8 Å². The van der Waals surface area contributed by atoms with Crippen LogP contribution in [0.3, 0.4) is 0 Å². The SMILES string of the molecule is CCNCCC(c1cccs1)N1CC(C)(C)c2ncc(C#N)cc21. The predicted octanol–water partition coefficient (Wildman–Crippen LogP) is 3.85. The third-order valence-corrected chi connectivity index (χ3v) is 5.58. The number of fused-ring (bicyclic) bond motifs is 1. The van der Waals surface area contributed by atoms with Crippen LogP contribution < -0.4 is 10.2 Å². The van der Waals surface area contributed by atoms with E-state index in [0.29, 0.717) is 11.6 Å². The second kappa shape index (κ2) is 6.92. The third-order valence-electron chi connectivity index (χ3n) is 4.61. The van der Waals surface area contributed by atoms with Crippen LogP contribution in [0.5, 0.6) is 0 Å². The lowest BCUT2D eigenvalue weighted by molar-refractivity contribution is 0.490. The molecule has 0 saturated heterocycles. The molecule has 0 fully saturated rings. The summed E-state index contributed by atoms with van der Waals surface area (Å²) in [6.45, 7) is 9.51. The molecule has 5 heteroatoms. The summed E-state index contributed by atoms with van der Waals surface area (Å²) in [7, 11) is 0. The Labute approximate surface area is 148 Å². The first kappa shape index (κ1) is 16.9. The molecule has 0 radical (unpaired) electrons. The van der Waals surface area contributed by atoms with Gasteiger partial charge in [-0.15, -0.1) is 11.3 Å². The Morgan fingerprint density at radius 3 is 3.00 bits per heavy atom. The van der Waals surface area contributed by atoms with Crippen LogP contribution in [0.4, 0.5) is 5.69 Å². The molecule has 0 aliphatic carbocycles. The van der Waals surface area contributed by atoms with Crippen molar-refractivity contribution in [3.63, 3.8) is 0 Å². The van der Waals surface area contributed by atoms with Crippen molar-refractivity contribution >= 4 is 17.0 Å². The first-order valence-corrected chi connectivity index (χ1v) is 9.36. The number of hydrogen-bond donors (Lipinski definition) is 1. The molecule has 4 nitrogen and oxygen atoms in total. The summed E-state index contributed by atoms with van der Waals surface area (Å²) >= 11 is 1.81. The minimum atomic E-state index is -0.00296. The molecule has 1 atom stereocenters. The third kappa shape index (κ3) is 3.17. The average Bonchev–Trinajstić information content (AvgIpc) is 3.18. The minimum absolute atomic E-state index is 0.00296. The summed E-state index contributed by atoms with van der Waals surface area (Å²) in [6, 6.07) is 8.89. The first-order valence-electron chi connectivity index (χ1n) is 8.48. The van der Waals surface area contributed by atoms with Crippen molar-refractivity contribution in [1.82, 2.24) is 10.3 Å². The molecule has 1 unspecified atom stereocenters. The summed E-state index contributed by atoms with van der Waals surface area (Å²) in [5.41, 5.74) is 2.85. The van der Waals surface area contributed by atoms with Crippen LogP contribution in [0.1, 0.15) is 49.4 Å². The van der Waals surface area contributed by atoms with Gasteiger partial charge in [0.1, 0.15) is 6.07 Å². The van der Waals surface area contributed by atoms with Crippen LogP contribution in [-0.2, 0) is 5.41 Å². The van der Waals surface area contributed by atoms with Crippen molar-refractivity contribution in [2.45, 2.75) is 38.6 Å². The molecule has 0 amide bonds. The van der Waals surface area contributed by atoms with Crippen molar-refractivity contribution in [2.24, 2.45) is 0 Å². The van der Waals surface area contributed by atoms with Crippen LogP contribution >= 0.6 is 11.3 Å². The number of anilines is 1. The molecule has 2 aromatic heterocycles. The van der Waals surface area contributed by atoms with E-state index >= 15 is 0 Å². The molecule has 0 aromatic carbocycles. The van der Waals surface area contributed by atoms with E-state index in [2.05, 4.69) is 59.6 Å². The highest BCUT2D eigenvalue weighted by Gasteiger charge is 2.40. The summed E-state index contributed by atoms with van der Waals surface area (Å²) in [6.07, 6.45) is 2.74. The van der Waals surface area contributed by atoms with Gasteiger partial charge in [0.2, 0.25) is 0 Å². The van der Waals surface area contributed by atoms with Gasteiger partial charge in [-0.3, -0.25) is 4.98 Å². The Bertz CT molecular complexity index is 730. The standard InChI is InChI=1S/C19H24N4S/c1-4-21-8-7-15(17-6-5-9-24-17)23-13-19(2,3)18-16(23)10-14(11-20)12-22-18/h5-6,9-10,12,15,21H,4,7-8,13H2,1-3H3. The molecule has 24 heavy (non-hydrogen) atoms. The largest absolute Gasteiger partial charge is 0.361 e. The second-order valence-corrected chi connectivity index (χ2v) is 7.87. The lowest BCUT2D eigenvalue weighted by atomic mass is 9.91. The number of nitriles is 1. The van der Waals surface area contributed by atoms with E-state index in [0.717, 1.165) is 37.4 Å². The number of nitrogens with zero attached hydrogens (tertiary/aromatic N) is 3. The zero-order valence-electron chi connectivity index (χ0n) is 14.5. The lowest BCUT2D eigenvalue weighted by Crippen LogP contribution is -2.33. The van der Waals surface area contributed by atoms with Crippen LogP contribution in [0.25, 0.3) is 0 Å². The van der Waals surface area contributed by atoms with E-state index in [-0.39, 0.29) is 5.41 Å². The highest BCUT2D eigenvalue weighted by molar-refractivity contribution is 7.10. The summed E-state index contributed by atoms with van der Waals surface area (Å²) in [5.74, 6) is 0. The Morgan fingerprint density at radius 2 is 2.33 bits per heavy atom. The number of aromatic nitrogens is 1. The molecule has 1 N–H and O–H groups in total. The molecule has 1 aliphatic heterocycles. The number of thiophene rings is 1. The maximum absolute atomic E-state index is 9.26. The quantitative estimate of drug-likeness (QED) is 0.812. The second-order valence-electron chi connectivity index (χ2n) is 6.89. The van der Waals surface area contributed by atoms with Gasteiger partial charge in [-0.1, -0.05) is 26.8 Å². The van der Waals surface area contributed by atoms with Gasteiger partial charge in [0.25, 0.3) is 0 Å². The molecule has 0 bridgehead atoms. The van der Waals surface area contributed by atoms with Crippen molar-refractivity contribution in [3.8, 4) is 6.07 Å². The van der Waals surface area contributed by atoms with Gasteiger partial charge >= 0.3 is 0 Å². The molecular formula is C19H24N4S. The Balaban J connectivity index is 1.99. The fourth-order valence-electron chi connectivity index (χ4n) is 3.47. The zero-order valence-corrected chi connectivity index (χ0v) is 15.4. The van der Waals surface area contributed by atoms with E-state index in [1.807, 2.05) is 6.07 Å². The highest BCUT2D eigenvalue weighted by Crippen LogP contribution is 2.45. The molecule has 1 aliphatic rings. The number of pyridine rings is 1. The first-order chi connectivity index (χ1) is 11.6. The topological polar surface area (TPSA) is 52.0 Å². The number of hydrogen-bond acceptors (Lipinski definition) is 5. The van der Waals surface area contributed by atoms with E-state index in [1.54, 1.807) is 17.5 Å². The van der Waals surface area contributed by atoms with Gasteiger partial charge < -0.3 is 10.2 Å². The zero-order chi connectivity index (χ0) is 17.2. The van der Waals surface area contributed by atoms with Crippen molar-refractivity contribution in [3.05, 3.63) is 45.9 Å². The maximum atomic E-state index is 9.26. The summed E-state index contributed by atoms with van der Waals surface area (Å²) < 4.78 is 0. The van der Waals surface area contributed by atoms with Gasteiger partial charge in [-0.2, -0.15) is 5.26 Å². The number of nitrogens with one attached hydrogen (secondary N) is 1. The minimum Gasteiger partial charge on any atom is -0.361 e. The molecule has 0 saturated carbocycles. The molecule has 3 rings (SSSR count). The van der Waals surface area contributed by atoms with Gasteiger partial charge in [-0.05, 0) is 37.0 Å². The van der Waals surface area contributed by atoms with Crippen LogP contribution in [0, 0.1) is 11.3 Å². The fraction of sp³-hybridized carbons (Fsp3) is 0.474. The smallest absolute Gasteiger partial charge is 0.101 e. The summed E-state index contributed by atoms with van der Waals surface area (Å²) in [5, 5.41) is 14.8. The highest BCUT2D eigenvalue weighted by atomic mass is 32.1. The maximum Gasteiger partial charge on any atom is 0.101 e. The van der Waals surface area contributed by atoms with Crippen LogP contribution in [0.2, 0.25) is 0 Å². The van der Waals surface area contributed by atoms with Gasteiger partial charge in [-0.25, -0.2) is 0 Å². The Morgan fingerprint density at radius 1 is 1.50 bits per heavy atom. The predicted molar refractivity (Wildman–Crippen MR) is 99.5 cm³/mol. The normalized spacial score (nSPS) is 16.7. The molecule has 3 heterocycles. The molecule has 2 aromatic rings. The van der Waals surface area contributed by atoms with Crippen LogP contribution in [-0.4, -0.2) is 24.6 Å². The van der Waals surface area contributed by atoms with Crippen molar-refractivity contribution in [1.29, 1.82) is 5.26 Å². The monoisotopic (exact) mass is 340 g/mol. The van der Waals surface area contributed by atoms with E-state index in [9.17, 15) is 5.26 Å². The van der Waals surface area contributed by atoms with E-state index < -0.39 is 0 Å². The van der Waals surface area contributed by atoms with Crippen molar-refractivity contribution in [2.75, 3.05) is 24.5 Å².